The average Bonchev–Trinajstić information content (AvgIpc) is 3.36. The summed E-state index contributed by atoms with van der Waals surface area (Å²) in [7, 11) is -1.17. The van der Waals surface area contributed by atoms with E-state index >= 15 is 0 Å². The molecule has 1 aromatic carbocycles. The van der Waals surface area contributed by atoms with Gasteiger partial charge in [-0.3, -0.25) is 4.21 Å². The standard InChI is InChI=1S/C20H19N3O3S3/c1-2-9-29(26)20-16(21)15-13(11-3-5-12(6-4-11)19(24)25)10-14(23-18(15)28-20)17-22-7-8-27-17/h3-8,10,19,24-25H,2,9,21H2,1H3. The van der Waals surface area contributed by atoms with E-state index in [9.17, 15) is 14.4 Å². The smallest absolute Gasteiger partial charge is 0.178 e. The van der Waals surface area contributed by atoms with E-state index in [1.165, 1.54) is 22.7 Å². The van der Waals surface area contributed by atoms with Crippen LogP contribution in [0.2, 0.25) is 0 Å². The van der Waals surface area contributed by atoms with E-state index in [0.717, 1.165) is 38.5 Å². The number of anilines is 1. The lowest BCUT2D eigenvalue weighted by atomic mass is 10.0. The fourth-order valence-electron chi connectivity index (χ4n) is 3.07. The summed E-state index contributed by atoms with van der Waals surface area (Å²) in [5.74, 6) is 0.550. The Balaban J connectivity index is 1.95. The van der Waals surface area contributed by atoms with Crippen molar-refractivity contribution in [1.82, 2.24) is 9.97 Å². The van der Waals surface area contributed by atoms with Gasteiger partial charge in [-0.2, -0.15) is 0 Å². The van der Waals surface area contributed by atoms with Crippen LogP contribution in [0.3, 0.4) is 0 Å². The maximum atomic E-state index is 12.7. The number of thiazole rings is 1. The average molecular weight is 446 g/mol. The highest BCUT2D eigenvalue weighted by molar-refractivity contribution is 7.87. The molecule has 6 nitrogen and oxygen atoms in total. The third kappa shape index (κ3) is 3.84. The maximum absolute atomic E-state index is 12.7. The Morgan fingerprint density at radius 2 is 2.00 bits per heavy atom. The molecule has 0 saturated carbocycles. The fraction of sp³-hybridized carbons (Fsp3) is 0.200. The summed E-state index contributed by atoms with van der Waals surface area (Å²) >= 11 is 2.85. The summed E-state index contributed by atoms with van der Waals surface area (Å²) in [6.45, 7) is 1.99. The number of aliphatic hydroxyl groups is 2. The van der Waals surface area contributed by atoms with Crippen molar-refractivity contribution < 1.29 is 14.4 Å². The second kappa shape index (κ2) is 8.29. The predicted molar refractivity (Wildman–Crippen MR) is 119 cm³/mol. The molecule has 1 unspecified atom stereocenters. The minimum Gasteiger partial charge on any atom is -0.396 e. The van der Waals surface area contributed by atoms with Gasteiger partial charge < -0.3 is 15.9 Å². The third-order valence-electron chi connectivity index (χ3n) is 4.43. The largest absolute Gasteiger partial charge is 0.396 e. The van der Waals surface area contributed by atoms with Gasteiger partial charge in [0.2, 0.25) is 0 Å². The molecule has 1 atom stereocenters. The van der Waals surface area contributed by atoms with Gasteiger partial charge in [0, 0.05) is 28.3 Å². The van der Waals surface area contributed by atoms with Crippen molar-refractivity contribution in [2.24, 2.45) is 0 Å². The lowest BCUT2D eigenvalue weighted by Crippen LogP contribution is -1.98. The molecular weight excluding hydrogens is 426 g/mol. The molecule has 0 fully saturated rings. The maximum Gasteiger partial charge on any atom is 0.178 e. The van der Waals surface area contributed by atoms with Gasteiger partial charge in [0.15, 0.2) is 6.29 Å². The van der Waals surface area contributed by atoms with Gasteiger partial charge in [0.25, 0.3) is 0 Å². The van der Waals surface area contributed by atoms with Gasteiger partial charge in [-0.05, 0) is 23.6 Å². The van der Waals surface area contributed by atoms with Crippen LogP contribution in [0.25, 0.3) is 32.0 Å². The first-order valence-electron chi connectivity index (χ1n) is 8.97. The molecule has 0 aliphatic carbocycles. The van der Waals surface area contributed by atoms with Crippen molar-refractivity contribution in [2.45, 2.75) is 23.8 Å². The molecule has 0 aliphatic heterocycles. The Kier molecular flexibility index (Phi) is 5.75. The monoisotopic (exact) mass is 445 g/mol. The van der Waals surface area contributed by atoms with E-state index in [4.69, 9.17) is 10.7 Å². The number of aromatic nitrogens is 2. The van der Waals surface area contributed by atoms with E-state index < -0.39 is 17.1 Å². The number of hydrogen-bond acceptors (Lipinski definition) is 8. The van der Waals surface area contributed by atoms with E-state index in [1.54, 1.807) is 18.3 Å². The summed E-state index contributed by atoms with van der Waals surface area (Å²) in [6.07, 6.45) is 1.00. The molecule has 0 aliphatic rings. The number of nitrogens with zero attached hydrogens (tertiary/aromatic N) is 2. The molecule has 4 rings (SSSR count). The summed E-state index contributed by atoms with van der Waals surface area (Å²) in [6, 6.07) is 8.88. The molecule has 0 amide bonds. The predicted octanol–water partition coefficient (Wildman–Crippen LogP) is 4.17. The number of pyridine rings is 1. The number of benzene rings is 1. The Bertz CT molecular complexity index is 1170. The van der Waals surface area contributed by atoms with Crippen molar-refractivity contribution in [1.29, 1.82) is 0 Å². The summed E-state index contributed by atoms with van der Waals surface area (Å²) < 4.78 is 13.3. The number of aliphatic hydroxyl groups excluding tert-OH is 1. The number of rotatable bonds is 6. The minimum absolute atomic E-state index is 0.405. The van der Waals surface area contributed by atoms with E-state index in [0.29, 0.717) is 21.2 Å². The van der Waals surface area contributed by atoms with Gasteiger partial charge >= 0.3 is 0 Å². The highest BCUT2D eigenvalue weighted by atomic mass is 32.2. The third-order valence-corrected chi connectivity index (χ3v) is 8.34. The molecule has 0 radical (unpaired) electrons. The van der Waals surface area contributed by atoms with E-state index in [1.807, 2.05) is 30.5 Å². The zero-order valence-corrected chi connectivity index (χ0v) is 18.0. The quantitative estimate of drug-likeness (QED) is 0.384. The highest BCUT2D eigenvalue weighted by Crippen LogP contribution is 2.43. The number of hydrogen-bond donors (Lipinski definition) is 3. The SMILES string of the molecule is CCCS(=O)c1sc2nc(-c3nccs3)cc(-c3ccc(C(O)O)cc3)c2c1N. The molecule has 29 heavy (non-hydrogen) atoms. The van der Waals surface area contributed by atoms with Gasteiger partial charge in [-0.25, -0.2) is 9.97 Å². The first-order chi connectivity index (χ1) is 14.0. The first-order valence-corrected chi connectivity index (χ1v) is 12.0. The molecule has 4 N–H and O–H groups in total. The number of thiophene rings is 1. The topological polar surface area (TPSA) is 109 Å². The normalized spacial score (nSPS) is 12.7. The van der Waals surface area contributed by atoms with Crippen LogP contribution in [0.5, 0.6) is 0 Å². The van der Waals surface area contributed by atoms with Crippen molar-refractivity contribution in [3.05, 3.63) is 47.5 Å². The van der Waals surface area contributed by atoms with Crippen molar-refractivity contribution in [2.75, 3.05) is 11.5 Å². The summed E-state index contributed by atoms with van der Waals surface area (Å²) in [4.78, 5) is 9.83. The van der Waals surface area contributed by atoms with Crippen LogP contribution in [-0.2, 0) is 10.8 Å². The molecule has 3 heterocycles. The Labute approximate surface area is 178 Å². The summed E-state index contributed by atoms with van der Waals surface area (Å²) in [5, 5.41) is 22.2. The zero-order valence-electron chi connectivity index (χ0n) is 15.5. The van der Waals surface area contributed by atoms with Gasteiger partial charge in [0.1, 0.15) is 19.7 Å². The zero-order chi connectivity index (χ0) is 20.5. The lowest BCUT2D eigenvalue weighted by Gasteiger charge is -2.09. The van der Waals surface area contributed by atoms with Gasteiger partial charge in [0.05, 0.1) is 16.5 Å². The minimum atomic E-state index is -1.53. The van der Waals surface area contributed by atoms with Crippen molar-refractivity contribution in [3.8, 4) is 21.8 Å². The Hall–Kier alpha value is -2.17. The van der Waals surface area contributed by atoms with Crippen LogP contribution in [0.15, 0.2) is 46.1 Å². The molecule has 0 saturated heterocycles. The van der Waals surface area contributed by atoms with Gasteiger partial charge in [-0.1, -0.05) is 31.2 Å². The number of fused-ring (bicyclic) bond motifs is 1. The number of nitrogen functional groups attached to an aromatic ring is 1. The molecule has 0 bridgehead atoms. The Morgan fingerprint density at radius 1 is 1.24 bits per heavy atom. The van der Waals surface area contributed by atoms with Crippen LogP contribution in [-0.4, -0.2) is 30.1 Å². The van der Waals surface area contributed by atoms with Crippen LogP contribution in [0, 0.1) is 0 Å². The van der Waals surface area contributed by atoms with Crippen molar-refractivity contribution in [3.63, 3.8) is 0 Å². The highest BCUT2D eigenvalue weighted by Gasteiger charge is 2.21. The van der Waals surface area contributed by atoms with E-state index in [2.05, 4.69) is 4.98 Å². The molecule has 9 heteroatoms. The second-order valence-electron chi connectivity index (χ2n) is 6.42. The first kappa shape index (κ1) is 20.1. The molecule has 150 valence electrons. The summed E-state index contributed by atoms with van der Waals surface area (Å²) in [5.41, 5.74) is 9.78. The van der Waals surface area contributed by atoms with Crippen LogP contribution >= 0.6 is 22.7 Å². The Morgan fingerprint density at radius 3 is 2.62 bits per heavy atom. The molecule has 0 spiro atoms. The molecule has 4 aromatic rings. The van der Waals surface area contributed by atoms with Crippen LogP contribution < -0.4 is 5.73 Å². The number of nitrogens with two attached hydrogens (primary N) is 1. The van der Waals surface area contributed by atoms with Crippen molar-refractivity contribution >= 4 is 49.4 Å². The molecule has 3 aromatic heterocycles. The van der Waals surface area contributed by atoms with Crippen LogP contribution in [0.1, 0.15) is 25.2 Å². The lowest BCUT2D eigenvalue weighted by molar-refractivity contribution is -0.0424. The van der Waals surface area contributed by atoms with Gasteiger partial charge in [-0.15, -0.1) is 22.7 Å². The molecular formula is C20H19N3O3S3. The van der Waals surface area contributed by atoms with E-state index in [-0.39, 0.29) is 0 Å². The fourth-order valence-corrected chi connectivity index (χ4v) is 6.28. The second-order valence-corrected chi connectivity index (χ2v) is 10.1. The van der Waals surface area contributed by atoms with Crippen LogP contribution in [0.4, 0.5) is 5.69 Å².